The van der Waals surface area contributed by atoms with Gasteiger partial charge in [0.2, 0.25) is 0 Å². The number of carbonyl (C=O) groups excluding carboxylic acids is 1. The number of hydrogen-bond donors (Lipinski definition) is 2. The molecule has 8 heteroatoms. The van der Waals surface area contributed by atoms with Gasteiger partial charge in [-0.3, -0.25) is 14.9 Å². The van der Waals surface area contributed by atoms with Gasteiger partial charge in [-0.2, -0.15) is 5.10 Å². The molecule has 8 nitrogen and oxygen atoms in total. The van der Waals surface area contributed by atoms with Gasteiger partial charge in [0.25, 0.3) is 5.91 Å². The second-order valence-corrected chi connectivity index (χ2v) is 8.44. The second kappa shape index (κ2) is 8.63. The van der Waals surface area contributed by atoms with Crippen LogP contribution in [0.25, 0.3) is 10.9 Å². The fourth-order valence-corrected chi connectivity index (χ4v) is 4.15. The number of aryl methyl sites for hydroxylation is 3. The number of nitrogens with one attached hydrogen (secondary N) is 2. The molecule has 1 aliphatic rings. The van der Waals surface area contributed by atoms with Crippen LogP contribution in [0.15, 0.2) is 48.5 Å². The average Bonchev–Trinajstić information content (AvgIpc) is 3.21. The van der Waals surface area contributed by atoms with Gasteiger partial charge in [-0.15, -0.1) is 0 Å². The minimum absolute atomic E-state index is 0.102. The van der Waals surface area contributed by atoms with E-state index in [0.717, 1.165) is 45.1 Å². The van der Waals surface area contributed by atoms with Gasteiger partial charge in [0.05, 0.1) is 24.4 Å². The quantitative estimate of drug-likeness (QED) is 0.491. The number of aromatic nitrogens is 4. The van der Waals surface area contributed by atoms with Gasteiger partial charge in [-0.25, -0.2) is 4.98 Å². The number of H-pyrrole nitrogens is 1. The van der Waals surface area contributed by atoms with Crippen LogP contribution in [-0.2, 0) is 4.74 Å². The monoisotopic (exact) mass is 442 g/mol. The highest BCUT2D eigenvalue weighted by Gasteiger charge is 2.29. The molecule has 1 aliphatic heterocycles. The molecule has 2 N–H and O–H groups in total. The number of hydrogen-bond acceptors (Lipinski definition) is 6. The molecule has 33 heavy (non-hydrogen) atoms. The van der Waals surface area contributed by atoms with Crippen molar-refractivity contribution in [2.24, 2.45) is 0 Å². The van der Waals surface area contributed by atoms with Gasteiger partial charge >= 0.3 is 0 Å². The Kier molecular flexibility index (Phi) is 5.51. The van der Waals surface area contributed by atoms with Crippen molar-refractivity contribution < 1.29 is 9.53 Å². The molecule has 0 spiro atoms. The molecule has 1 amide bonds. The van der Waals surface area contributed by atoms with Crippen LogP contribution in [0.4, 0.5) is 11.5 Å². The van der Waals surface area contributed by atoms with Crippen LogP contribution >= 0.6 is 0 Å². The maximum absolute atomic E-state index is 13.3. The van der Waals surface area contributed by atoms with Crippen molar-refractivity contribution in [3.05, 3.63) is 76.9 Å². The summed E-state index contributed by atoms with van der Waals surface area (Å²) in [6, 6.07) is 15.7. The van der Waals surface area contributed by atoms with E-state index in [9.17, 15) is 4.79 Å². The fraction of sp³-hybridized carbons (Fsp3) is 0.280. The number of fused-ring (bicyclic) bond motifs is 1. The first-order chi connectivity index (χ1) is 16.0. The Hall–Kier alpha value is -3.78. The van der Waals surface area contributed by atoms with E-state index in [1.807, 2.05) is 69.3 Å². The summed E-state index contributed by atoms with van der Waals surface area (Å²) in [6.45, 7) is 7.28. The van der Waals surface area contributed by atoms with Crippen LogP contribution in [0.1, 0.15) is 39.2 Å². The molecule has 0 radical (unpaired) electrons. The molecule has 4 heterocycles. The van der Waals surface area contributed by atoms with Crippen LogP contribution < -0.4 is 5.32 Å². The molecule has 0 bridgehead atoms. The minimum Gasteiger partial charge on any atom is -0.368 e. The summed E-state index contributed by atoms with van der Waals surface area (Å²) < 4.78 is 6.02. The third-order valence-corrected chi connectivity index (χ3v) is 5.74. The third-order valence-electron chi connectivity index (χ3n) is 5.74. The summed E-state index contributed by atoms with van der Waals surface area (Å²) in [7, 11) is 0. The van der Waals surface area contributed by atoms with E-state index in [1.165, 1.54) is 0 Å². The van der Waals surface area contributed by atoms with Crippen molar-refractivity contribution in [2.45, 2.75) is 26.9 Å². The Bertz CT molecular complexity index is 1330. The van der Waals surface area contributed by atoms with Gasteiger partial charge in [0, 0.05) is 29.0 Å². The first-order valence-electron chi connectivity index (χ1n) is 11.0. The normalized spacial score (nSPS) is 16.2. The van der Waals surface area contributed by atoms with Crippen molar-refractivity contribution in [1.29, 1.82) is 0 Å². The number of morpholine rings is 1. The summed E-state index contributed by atoms with van der Waals surface area (Å²) in [5.41, 5.74) is 5.86. The lowest BCUT2D eigenvalue weighted by Crippen LogP contribution is -2.42. The zero-order valence-electron chi connectivity index (χ0n) is 18.9. The van der Waals surface area contributed by atoms with E-state index in [4.69, 9.17) is 4.74 Å². The summed E-state index contributed by atoms with van der Waals surface area (Å²) >= 11 is 0. The van der Waals surface area contributed by atoms with Crippen LogP contribution in [0.3, 0.4) is 0 Å². The minimum atomic E-state index is -0.319. The molecule has 5 rings (SSSR count). The number of ether oxygens (including phenoxy) is 1. The van der Waals surface area contributed by atoms with Crippen molar-refractivity contribution in [3.63, 3.8) is 0 Å². The fourth-order valence-electron chi connectivity index (χ4n) is 4.15. The van der Waals surface area contributed by atoms with E-state index in [0.29, 0.717) is 25.4 Å². The van der Waals surface area contributed by atoms with Crippen molar-refractivity contribution >= 4 is 28.3 Å². The molecule has 0 aliphatic carbocycles. The molecule has 0 unspecified atom stereocenters. The van der Waals surface area contributed by atoms with Crippen LogP contribution in [0, 0.1) is 20.8 Å². The molecule has 4 aromatic rings. The largest absolute Gasteiger partial charge is 0.368 e. The number of benzene rings is 1. The van der Waals surface area contributed by atoms with E-state index < -0.39 is 0 Å². The highest BCUT2D eigenvalue weighted by Crippen LogP contribution is 2.27. The smallest absolute Gasteiger partial charge is 0.275 e. The number of carbonyl (C=O) groups is 1. The van der Waals surface area contributed by atoms with Crippen molar-refractivity contribution in [1.82, 2.24) is 25.1 Å². The highest BCUT2D eigenvalue weighted by molar-refractivity contribution is 6.04. The van der Waals surface area contributed by atoms with E-state index in [1.54, 1.807) is 4.90 Å². The van der Waals surface area contributed by atoms with Crippen LogP contribution in [-0.4, -0.2) is 50.7 Å². The molecule has 1 atom stereocenters. The molecular weight excluding hydrogens is 416 g/mol. The van der Waals surface area contributed by atoms with E-state index >= 15 is 0 Å². The summed E-state index contributed by atoms with van der Waals surface area (Å²) in [4.78, 5) is 24.3. The Morgan fingerprint density at radius 1 is 1.09 bits per heavy atom. The van der Waals surface area contributed by atoms with Crippen LogP contribution in [0.5, 0.6) is 0 Å². The average molecular weight is 443 g/mol. The highest BCUT2D eigenvalue weighted by atomic mass is 16.5. The molecule has 1 saturated heterocycles. The van der Waals surface area contributed by atoms with Gasteiger partial charge in [0.1, 0.15) is 11.9 Å². The number of pyridine rings is 2. The van der Waals surface area contributed by atoms with E-state index in [-0.39, 0.29) is 12.0 Å². The predicted octanol–water partition coefficient (Wildman–Crippen LogP) is 4.24. The van der Waals surface area contributed by atoms with Crippen LogP contribution in [0.2, 0.25) is 0 Å². The van der Waals surface area contributed by atoms with Crippen molar-refractivity contribution in [2.75, 3.05) is 25.0 Å². The lowest BCUT2D eigenvalue weighted by molar-refractivity contribution is -0.0248. The first-order valence-corrected chi connectivity index (χ1v) is 11.0. The zero-order chi connectivity index (χ0) is 22.9. The second-order valence-electron chi connectivity index (χ2n) is 8.44. The number of aromatic amines is 1. The zero-order valence-corrected chi connectivity index (χ0v) is 18.9. The maximum Gasteiger partial charge on any atom is 0.275 e. The maximum atomic E-state index is 13.3. The number of anilines is 2. The molecule has 0 saturated carbocycles. The van der Waals surface area contributed by atoms with E-state index in [2.05, 4.69) is 25.5 Å². The van der Waals surface area contributed by atoms with Crippen molar-refractivity contribution in [3.8, 4) is 0 Å². The topological polar surface area (TPSA) is 96.0 Å². The summed E-state index contributed by atoms with van der Waals surface area (Å²) in [6.07, 6.45) is -0.319. The molecule has 168 valence electrons. The Labute approximate surface area is 192 Å². The summed E-state index contributed by atoms with van der Waals surface area (Å²) in [5, 5.41) is 11.5. The first kappa shape index (κ1) is 21.1. The van der Waals surface area contributed by atoms with Gasteiger partial charge in [0.15, 0.2) is 5.69 Å². The summed E-state index contributed by atoms with van der Waals surface area (Å²) in [5.74, 6) is 0.670. The van der Waals surface area contributed by atoms with Gasteiger partial charge < -0.3 is 15.0 Å². The number of amides is 1. The Balaban J connectivity index is 1.37. The van der Waals surface area contributed by atoms with Gasteiger partial charge in [-0.05, 0) is 57.2 Å². The lowest BCUT2D eigenvalue weighted by Gasteiger charge is -2.32. The number of rotatable bonds is 4. The molecule has 3 aromatic heterocycles. The molecular formula is C25H26N6O2. The standard InChI is InChI=1S/C25H26N6O2/c1-15-7-8-20-19(11-15)24(30-29-20)25(32)31-9-10-33-22(14-31)21-13-18(12-17(3)26-21)28-23-6-4-5-16(2)27-23/h4-8,11-13,22H,9-10,14H2,1-3H3,(H,29,30)(H,26,27,28)/t22-/m0/s1. The molecule has 1 fully saturated rings. The number of nitrogens with zero attached hydrogens (tertiary/aromatic N) is 4. The SMILES string of the molecule is Cc1ccc2[nH]nc(C(=O)N3CCO[C@H](c4cc(Nc5cccc(C)n5)cc(C)n4)C3)c2c1. The predicted molar refractivity (Wildman–Crippen MR) is 127 cm³/mol. The lowest BCUT2D eigenvalue weighted by atomic mass is 10.1. The molecule has 1 aromatic carbocycles. The Morgan fingerprint density at radius 3 is 2.82 bits per heavy atom. The Morgan fingerprint density at radius 2 is 1.97 bits per heavy atom. The third kappa shape index (κ3) is 4.42. The van der Waals surface area contributed by atoms with Gasteiger partial charge in [-0.1, -0.05) is 17.7 Å².